The van der Waals surface area contributed by atoms with E-state index in [1.165, 1.54) is 23.3 Å². The van der Waals surface area contributed by atoms with E-state index < -0.39 is 0 Å². The zero-order valence-electron chi connectivity index (χ0n) is 18.4. The first-order chi connectivity index (χ1) is 14.1. The third-order valence-electron chi connectivity index (χ3n) is 5.31. The Labute approximate surface area is 201 Å². The Morgan fingerprint density at radius 1 is 1.27 bits per heavy atom. The molecule has 0 amide bonds. The van der Waals surface area contributed by atoms with Crippen molar-refractivity contribution in [1.29, 1.82) is 0 Å². The van der Waals surface area contributed by atoms with Gasteiger partial charge in [0.25, 0.3) is 0 Å². The molecule has 1 atom stereocenters. The van der Waals surface area contributed by atoms with Gasteiger partial charge in [-0.1, -0.05) is 12.1 Å². The van der Waals surface area contributed by atoms with E-state index in [1.807, 2.05) is 6.07 Å². The van der Waals surface area contributed by atoms with Crippen LogP contribution in [0.3, 0.4) is 0 Å². The number of aliphatic imine (C=N–C) groups is 1. The van der Waals surface area contributed by atoms with Crippen LogP contribution >= 0.6 is 35.3 Å². The SMILES string of the molecule is CCNC(=NCc1nc(C)c(C)s1)NCC(c1cccc(OC)c1)N1CCCC1.I. The molecule has 1 aliphatic heterocycles. The first kappa shape index (κ1) is 24.9. The molecule has 0 radical (unpaired) electrons. The second-order valence-electron chi connectivity index (χ2n) is 7.36. The summed E-state index contributed by atoms with van der Waals surface area (Å²) in [6.45, 7) is 10.8. The van der Waals surface area contributed by atoms with Gasteiger partial charge in [0, 0.05) is 18.0 Å². The first-order valence-electron chi connectivity index (χ1n) is 10.4. The molecule has 1 unspecified atom stereocenters. The van der Waals surface area contributed by atoms with Crippen molar-refractivity contribution in [2.45, 2.75) is 46.2 Å². The standard InChI is InChI=1S/C22H33N5OS.HI/c1-5-23-22(25-15-21-26-16(2)17(3)29-21)24-14-20(27-11-6-7-12-27)18-9-8-10-19(13-18)28-4;/h8-10,13,20H,5-7,11-12,14-15H2,1-4H3,(H2,23,24,25);1H. The number of rotatable bonds is 8. The molecule has 2 N–H and O–H groups in total. The summed E-state index contributed by atoms with van der Waals surface area (Å²) in [5, 5.41) is 7.98. The fourth-order valence-electron chi connectivity index (χ4n) is 3.65. The minimum absolute atomic E-state index is 0. The molecule has 2 aromatic rings. The largest absolute Gasteiger partial charge is 0.497 e. The number of hydrogen-bond acceptors (Lipinski definition) is 5. The highest BCUT2D eigenvalue weighted by Crippen LogP contribution is 2.27. The van der Waals surface area contributed by atoms with Crippen LogP contribution in [0, 0.1) is 13.8 Å². The fraction of sp³-hybridized carbons (Fsp3) is 0.545. The van der Waals surface area contributed by atoms with E-state index in [1.54, 1.807) is 18.4 Å². The Bertz CT molecular complexity index is 800. The number of nitrogens with one attached hydrogen (secondary N) is 2. The first-order valence-corrected chi connectivity index (χ1v) is 11.3. The molecule has 1 fully saturated rings. The van der Waals surface area contributed by atoms with Crippen molar-refractivity contribution in [2.24, 2.45) is 4.99 Å². The van der Waals surface area contributed by atoms with Gasteiger partial charge in [-0.25, -0.2) is 9.98 Å². The number of hydrogen-bond donors (Lipinski definition) is 2. The molecule has 1 aromatic carbocycles. The van der Waals surface area contributed by atoms with E-state index in [4.69, 9.17) is 9.73 Å². The molecule has 2 heterocycles. The van der Waals surface area contributed by atoms with Crippen LogP contribution in [-0.2, 0) is 6.54 Å². The average molecular weight is 544 g/mol. The van der Waals surface area contributed by atoms with Gasteiger partial charge in [0.05, 0.1) is 25.4 Å². The number of aryl methyl sites for hydroxylation is 2. The van der Waals surface area contributed by atoms with Crippen molar-refractivity contribution in [3.63, 3.8) is 0 Å². The summed E-state index contributed by atoms with van der Waals surface area (Å²) >= 11 is 1.72. The van der Waals surface area contributed by atoms with Crippen molar-refractivity contribution < 1.29 is 4.74 Å². The van der Waals surface area contributed by atoms with Gasteiger partial charge in [0.1, 0.15) is 10.8 Å². The minimum Gasteiger partial charge on any atom is -0.497 e. The van der Waals surface area contributed by atoms with Crippen LogP contribution in [-0.4, -0.2) is 49.1 Å². The molecule has 0 bridgehead atoms. The maximum absolute atomic E-state index is 5.45. The van der Waals surface area contributed by atoms with Crippen molar-refractivity contribution in [3.05, 3.63) is 45.4 Å². The van der Waals surface area contributed by atoms with Gasteiger partial charge in [0.15, 0.2) is 5.96 Å². The summed E-state index contributed by atoms with van der Waals surface area (Å²) in [6, 6.07) is 8.71. The number of aromatic nitrogens is 1. The molecule has 0 aliphatic carbocycles. The lowest BCUT2D eigenvalue weighted by Gasteiger charge is -2.29. The summed E-state index contributed by atoms with van der Waals surface area (Å²) in [6.07, 6.45) is 2.52. The molecule has 1 saturated heterocycles. The van der Waals surface area contributed by atoms with Crippen LogP contribution in [0.25, 0.3) is 0 Å². The molecule has 30 heavy (non-hydrogen) atoms. The summed E-state index contributed by atoms with van der Waals surface area (Å²) in [7, 11) is 1.72. The van der Waals surface area contributed by atoms with Crippen molar-refractivity contribution >= 4 is 41.3 Å². The van der Waals surface area contributed by atoms with Crippen LogP contribution in [0.1, 0.15) is 46.9 Å². The predicted molar refractivity (Wildman–Crippen MR) is 136 cm³/mol. The van der Waals surface area contributed by atoms with E-state index in [-0.39, 0.29) is 24.0 Å². The molecular formula is C22H34IN5OS. The molecule has 6 nitrogen and oxygen atoms in total. The molecule has 166 valence electrons. The second kappa shape index (κ2) is 12.5. The highest BCUT2D eigenvalue weighted by molar-refractivity contribution is 14.0. The summed E-state index contributed by atoms with van der Waals surface area (Å²) in [4.78, 5) is 13.2. The lowest BCUT2D eigenvalue weighted by atomic mass is 10.1. The van der Waals surface area contributed by atoms with Crippen LogP contribution < -0.4 is 15.4 Å². The highest BCUT2D eigenvalue weighted by Gasteiger charge is 2.24. The molecule has 1 aliphatic rings. The average Bonchev–Trinajstić information content (AvgIpc) is 3.36. The number of methoxy groups -OCH3 is 1. The second-order valence-corrected chi connectivity index (χ2v) is 8.65. The monoisotopic (exact) mass is 543 g/mol. The number of guanidine groups is 1. The Hall–Kier alpha value is -1.39. The Balaban J connectivity index is 0.00000320. The van der Waals surface area contributed by atoms with Gasteiger partial charge < -0.3 is 15.4 Å². The Kier molecular flexibility index (Phi) is 10.3. The van der Waals surface area contributed by atoms with E-state index >= 15 is 0 Å². The number of benzene rings is 1. The Morgan fingerprint density at radius 2 is 2.03 bits per heavy atom. The molecule has 1 aromatic heterocycles. The van der Waals surface area contributed by atoms with E-state index in [9.17, 15) is 0 Å². The minimum atomic E-state index is 0. The molecular weight excluding hydrogens is 509 g/mol. The van der Waals surface area contributed by atoms with Crippen LogP contribution in [0.2, 0.25) is 0 Å². The predicted octanol–water partition coefficient (Wildman–Crippen LogP) is 4.28. The summed E-state index contributed by atoms with van der Waals surface area (Å²) in [5.41, 5.74) is 2.38. The maximum atomic E-state index is 5.45. The molecule has 8 heteroatoms. The molecule has 0 saturated carbocycles. The third-order valence-corrected chi connectivity index (χ3v) is 6.37. The summed E-state index contributed by atoms with van der Waals surface area (Å²) in [5.74, 6) is 1.74. The van der Waals surface area contributed by atoms with Gasteiger partial charge in [-0.15, -0.1) is 35.3 Å². The lowest BCUT2D eigenvalue weighted by molar-refractivity contribution is 0.245. The number of halogens is 1. The zero-order chi connectivity index (χ0) is 20.6. The third kappa shape index (κ3) is 6.81. The van der Waals surface area contributed by atoms with Gasteiger partial charge in [-0.3, -0.25) is 4.90 Å². The van der Waals surface area contributed by atoms with Crippen molar-refractivity contribution in [1.82, 2.24) is 20.5 Å². The van der Waals surface area contributed by atoms with Crippen molar-refractivity contribution in [2.75, 3.05) is 33.3 Å². The maximum Gasteiger partial charge on any atom is 0.191 e. The van der Waals surface area contributed by atoms with E-state index in [2.05, 4.69) is 59.5 Å². The van der Waals surface area contributed by atoms with E-state index in [0.29, 0.717) is 12.6 Å². The van der Waals surface area contributed by atoms with E-state index in [0.717, 1.165) is 48.6 Å². The van der Waals surface area contributed by atoms with Crippen molar-refractivity contribution in [3.8, 4) is 5.75 Å². The number of ether oxygens (including phenoxy) is 1. The molecule has 0 spiro atoms. The smallest absolute Gasteiger partial charge is 0.191 e. The normalized spacial score (nSPS) is 15.5. The van der Waals surface area contributed by atoms with Gasteiger partial charge in [0.2, 0.25) is 0 Å². The fourth-order valence-corrected chi connectivity index (χ4v) is 4.51. The van der Waals surface area contributed by atoms with Crippen LogP contribution in [0.4, 0.5) is 0 Å². The zero-order valence-corrected chi connectivity index (χ0v) is 21.5. The van der Waals surface area contributed by atoms with Gasteiger partial charge in [-0.2, -0.15) is 0 Å². The Morgan fingerprint density at radius 3 is 2.67 bits per heavy atom. The number of thiazole rings is 1. The summed E-state index contributed by atoms with van der Waals surface area (Å²) < 4.78 is 5.45. The van der Waals surface area contributed by atoms with Crippen LogP contribution in [0.5, 0.6) is 5.75 Å². The molecule has 3 rings (SSSR count). The van der Waals surface area contributed by atoms with Gasteiger partial charge in [-0.05, 0) is 64.4 Å². The van der Waals surface area contributed by atoms with Gasteiger partial charge >= 0.3 is 0 Å². The topological polar surface area (TPSA) is 61.8 Å². The lowest BCUT2D eigenvalue weighted by Crippen LogP contribution is -2.42. The highest BCUT2D eigenvalue weighted by atomic mass is 127. The number of nitrogens with zero attached hydrogens (tertiary/aromatic N) is 3. The van der Waals surface area contributed by atoms with Crippen LogP contribution in [0.15, 0.2) is 29.3 Å². The number of likely N-dealkylation sites (tertiary alicyclic amines) is 1. The quantitative estimate of drug-likeness (QED) is 0.296.